The largest absolute Gasteiger partial charge is 0.293 e. The Morgan fingerprint density at radius 3 is 1.32 bits per heavy atom. The van der Waals surface area contributed by atoms with E-state index in [-0.39, 0.29) is 33.2 Å². The van der Waals surface area contributed by atoms with Crippen LogP contribution in [0.25, 0.3) is 0 Å². The Morgan fingerprint density at radius 2 is 1.00 bits per heavy atom. The first kappa shape index (κ1) is 20.7. The maximum Gasteiger partial charge on any atom is 0.170 e. The number of carbonyl (C=O) groups excluding carboxylic acids is 2. The van der Waals surface area contributed by atoms with Gasteiger partial charge in [-0.3, -0.25) is 9.59 Å². The van der Waals surface area contributed by atoms with E-state index in [9.17, 15) is 9.59 Å². The van der Waals surface area contributed by atoms with Crippen molar-refractivity contribution in [2.45, 2.75) is 80.1 Å². The summed E-state index contributed by atoms with van der Waals surface area (Å²) in [7, 11) is 0. The fraction of sp³-hybridized carbons (Fsp3) is 0.615. The van der Waals surface area contributed by atoms with E-state index >= 15 is 0 Å². The zero-order valence-corrected chi connectivity index (χ0v) is 18.2. The number of Topliss-reactive ketones (excluding diaryl/α,β-unsaturated/α-hetero) is 2. The normalized spacial score (nSPS) is 33.4. The van der Waals surface area contributed by atoms with E-state index in [0.29, 0.717) is 24.0 Å². The van der Waals surface area contributed by atoms with Gasteiger partial charge in [0, 0.05) is 23.7 Å². The minimum atomic E-state index is -0.253. The third kappa shape index (κ3) is 4.03. The molecule has 2 heteroatoms. The topological polar surface area (TPSA) is 34.1 Å². The first-order valence-corrected chi connectivity index (χ1v) is 10.4. The van der Waals surface area contributed by atoms with Gasteiger partial charge < -0.3 is 0 Å². The van der Waals surface area contributed by atoms with Crippen molar-refractivity contribution in [3.05, 3.63) is 23.3 Å². The lowest BCUT2D eigenvalue weighted by atomic mass is 9.51. The molecule has 28 heavy (non-hydrogen) atoms. The number of ketones is 2. The molecule has 0 aliphatic heterocycles. The standard InChI is InChI=1S/C26H32O2/c1-23(2)11-9-21(27)19(17-23)7-13-25(5)15-16-26(25,6)14-8-20-18-24(3,4)12-10-22(20)28/h17-18H,9-12,15-16H2,1-6H3/t25-,26-/m1/s1. The lowest BCUT2D eigenvalue weighted by molar-refractivity contribution is -0.116. The van der Waals surface area contributed by atoms with Crippen LogP contribution in [0.1, 0.15) is 80.1 Å². The van der Waals surface area contributed by atoms with Crippen LogP contribution in [0.3, 0.4) is 0 Å². The van der Waals surface area contributed by atoms with Crippen LogP contribution in [0.15, 0.2) is 23.3 Å². The van der Waals surface area contributed by atoms with Gasteiger partial charge >= 0.3 is 0 Å². The Morgan fingerprint density at radius 1 is 0.643 bits per heavy atom. The van der Waals surface area contributed by atoms with E-state index in [1.807, 2.05) is 12.2 Å². The Labute approximate surface area is 170 Å². The van der Waals surface area contributed by atoms with E-state index < -0.39 is 0 Å². The maximum absolute atomic E-state index is 12.3. The summed E-state index contributed by atoms with van der Waals surface area (Å²) >= 11 is 0. The summed E-state index contributed by atoms with van der Waals surface area (Å²) in [5, 5.41) is 0. The fourth-order valence-corrected chi connectivity index (χ4v) is 4.13. The predicted octanol–water partition coefficient (Wildman–Crippen LogP) is 5.43. The predicted molar refractivity (Wildman–Crippen MR) is 113 cm³/mol. The lowest BCUT2D eigenvalue weighted by Gasteiger charge is -2.49. The molecule has 0 bridgehead atoms. The van der Waals surface area contributed by atoms with Crippen molar-refractivity contribution in [3.8, 4) is 23.7 Å². The molecule has 1 fully saturated rings. The van der Waals surface area contributed by atoms with E-state index in [4.69, 9.17) is 0 Å². The van der Waals surface area contributed by atoms with Crippen LogP contribution in [-0.4, -0.2) is 11.6 Å². The zero-order valence-electron chi connectivity index (χ0n) is 18.2. The smallest absolute Gasteiger partial charge is 0.170 e. The second-order valence-electron chi connectivity index (χ2n) is 10.6. The highest BCUT2D eigenvalue weighted by atomic mass is 16.1. The van der Waals surface area contributed by atoms with Crippen molar-refractivity contribution in [2.24, 2.45) is 21.7 Å². The molecule has 0 unspecified atom stereocenters. The molecule has 0 aromatic rings. The Hall–Kier alpha value is -2.06. The van der Waals surface area contributed by atoms with Crippen molar-refractivity contribution in [3.63, 3.8) is 0 Å². The minimum Gasteiger partial charge on any atom is -0.293 e. The van der Waals surface area contributed by atoms with Crippen molar-refractivity contribution < 1.29 is 9.59 Å². The van der Waals surface area contributed by atoms with Gasteiger partial charge in [0.25, 0.3) is 0 Å². The van der Waals surface area contributed by atoms with Gasteiger partial charge in [-0.2, -0.15) is 0 Å². The van der Waals surface area contributed by atoms with Gasteiger partial charge in [0.15, 0.2) is 11.6 Å². The Bertz CT molecular complexity index is 828. The van der Waals surface area contributed by atoms with Gasteiger partial charge in [0.1, 0.15) is 0 Å². The molecule has 148 valence electrons. The Balaban J connectivity index is 1.86. The van der Waals surface area contributed by atoms with Crippen molar-refractivity contribution in [2.75, 3.05) is 0 Å². The van der Waals surface area contributed by atoms with Gasteiger partial charge in [-0.25, -0.2) is 0 Å². The molecule has 0 aromatic carbocycles. The first-order chi connectivity index (χ1) is 12.8. The maximum atomic E-state index is 12.3. The lowest BCUT2D eigenvalue weighted by Crippen LogP contribution is -2.45. The second kappa shape index (κ2) is 6.77. The fourth-order valence-electron chi connectivity index (χ4n) is 4.13. The summed E-state index contributed by atoms with van der Waals surface area (Å²) in [5.74, 6) is 13.5. The third-order valence-electron chi connectivity index (χ3n) is 6.95. The average molecular weight is 377 g/mol. The number of rotatable bonds is 0. The Kier molecular flexibility index (Phi) is 5.00. The summed E-state index contributed by atoms with van der Waals surface area (Å²) in [6.45, 7) is 12.9. The van der Waals surface area contributed by atoms with Gasteiger partial charge in [-0.05, 0) is 50.4 Å². The van der Waals surface area contributed by atoms with Crippen molar-refractivity contribution in [1.82, 2.24) is 0 Å². The van der Waals surface area contributed by atoms with Crippen LogP contribution in [0, 0.1) is 45.3 Å². The van der Waals surface area contributed by atoms with E-state index in [2.05, 4.69) is 65.2 Å². The summed E-state index contributed by atoms with van der Waals surface area (Å²) < 4.78 is 0. The highest BCUT2D eigenvalue weighted by molar-refractivity contribution is 6.01. The molecule has 2 atom stereocenters. The van der Waals surface area contributed by atoms with Crippen molar-refractivity contribution >= 4 is 11.6 Å². The average Bonchev–Trinajstić information content (AvgIpc) is 2.61. The molecule has 0 N–H and O–H groups in total. The number of hydrogen-bond donors (Lipinski definition) is 0. The van der Waals surface area contributed by atoms with Crippen LogP contribution in [0.4, 0.5) is 0 Å². The van der Waals surface area contributed by atoms with Crippen LogP contribution < -0.4 is 0 Å². The SMILES string of the molecule is CC1(C)C=C(C#C[C@]2(C)CC[C@@]2(C)C#CC2=CC(C)(C)CCC2=O)C(=O)CC1. The summed E-state index contributed by atoms with van der Waals surface area (Å²) in [6.07, 6.45) is 8.92. The molecule has 3 aliphatic rings. The molecule has 0 spiro atoms. The molecule has 0 radical (unpaired) electrons. The van der Waals surface area contributed by atoms with E-state index in [1.165, 1.54) is 0 Å². The number of allylic oxidation sites excluding steroid dienone is 4. The number of hydrogen-bond acceptors (Lipinski definition) is 2. The molecule has 1 saturated carbocycles. The molecule has 0 aromatic heterocycles. The minimum absolute atomic E-state index is 0.0299. The van der Waals surface area contributed by atoms with Gasteiger partial charge in [0.05, 0.1) is 11.1 Å². The highest BCUT2D eigenvalue weighted by Gasteiger charge is 2.51. The molecule has 3 rings (SSSR count). The molecule has 0 heterocycles. The molecular weight excluding hydrogens is 344 g/mol. The third-order valence-corrected chi connectivity index (χ3v) is 6.95. The molecular formula is C26H32O2. The van der Waals surface area contributed by atoms with Gasteiger partial charge in [0.2, 0.25) is 0 Å². The first-order valence-electron chi connectivity index (χ1n) is 10.4. The quantitative estimate of drug-likeness (QED) is 0.528. The highest BCUT2D eigenvalue weighted by Crippen LogP contribution is 2.56. The molecule has 0 amide bonds. The van der Waals surface area contributed by atoms with E-state index in [0.717, 1.165) is 25.7 Å². The van der Waals surface area contributed by atoms with Gasteiger partial charge in [-0.1, -0.05) is 63.5 Å². The van der Waals surface area contributed by atoms with Crippen molar-refractivity contribution in [1.29, 1.82) is 0 Å². The van der Waals surface area contributed by atoms with Crippen LogP contribution in [0.5, 0.6) is 0 Å². The molecule has 2 nitrogen and oxygen atoms in total. The van der Waals surface area contributed by atoms with E-state index in [1.54, 1.807) is 0 Å². The zero-order chi connectivity index (χ0) is 20.8. The van der Waals surface area contributed by atoms with Crippen LogP contribution in [-0.2, 0) is 9.59 Å². The van der Waals surface area contributed by atoms with Gasteiger partial charge in [-0.15, -0.1) is 0 Å². The summed E-state index contributed by atoms with van der Waals surface area (Å²) in [6, 6.07) is 0. The molecule has 3 aliphatic carbocycles. The number of carbonyl (C=O) groups is 2. The van der Waals surface area contributed by atoms with Crippen LogP contribution >= 0.6 is 0 Å². The summed E-state index contributed by atoms with van der Waals surface area (Å²) in [5.41, 5.74) is 0.871. The summed E-state index contributed by atoms with van der Waals surface area (Å²) in [4.78, 5) is 24.5. The monoisotopic (exact) mass is 376 g/mol. The second-order valence-corrected chi connectivity index (χ2v) is 10.6. The van der Waals surface area contributed by atoms with Crippen LogP contribution in [0.2, 0.25) is 0 Å². The molecule has 0 saturated heterocycles.